The first-order chi connectivity index (χ1) is 72.6. The van der Waals surface area contributed by atoms with Crippen LogP contribution in [0.25, 0.3) is 44.5 Å². The zero-order valence-electron chi connectivity index (χ0n) is 87.1. The van der Waals surface area contributed by atoms with Crippen LogP contribution in [0.4, 0.5) is 0 Å². The maximum absolute atomic E-state index is 15.0. The third kappa shape index (κ3) is 24.5. The standard InChI is InChI=1S/C136H140O12/c1-5-9-13-17-21-25-29-37-75-141-125-85-105-55-51-101(125)43-33-34-44-102-52-56-106(86-126(102)142-76-38-30-26-22-18-14-10-6-2)98-61-69-122(70-62-98)135-93-117-83-119-95-136(96-120(119)84-118(117)94-135,148-132(140)112-50-42-49-111(80-112)131(139)147-135)124-73-65-100(66-74-124)108-58-54-104(128(88-108)144-78-40-32-28-24-20-16-12-8-4)46-36-35-45-103-53-57-107(87-127(103)143-77-39-31-27-23-19-15-11-7-3)99-63-71-123(72-64-99)134-91-115-81-113-89-133(90-114(113)82-116(115)92-134,121-67-59-97(105)60-68-121)145-129(137)109-47-41-48-110(79-109)130(138)146-134/h41-42,47-74,79-88H,5-32,37-40,75-78,89-96H2,1-4H3. The monoisotopic (exact) mass is 1970 g/mol. The van der Waals surface area contributed by atoms with E-state index >= 15 is 0 Å². The lowest BCUT2D eigenvalue weighted by molar-refractivity contribution is -0.0192. The predicted octanol–water partition coefficient (Wildman–Crippen LogP) is 31.6. The second-order valence-corrected chi connectivity index (χ2v) is 42.3. The highest BCUT2D eigenvalue weighted by molar-refractivity contribution is 5.97. The van der Waals surface area contributed by atoms with E-state index in [1.54, 1.807) is 48.5 Å². The highest BCUT2D eigenvalue weighted by Gasteiger charge is 2.51. The number of unbranched alkanes of at least 4 members (excludes halogenated alkanes) is 28. The zero-order valence-corrected chi connectivity index (χ0v) is 87.1. The molecule has 0 radical (unpaired) electrons. The summed E-state index contributed by atoms with van der Waals surface area (Å²) in [5.74, 6) is 27.2. The van der Waals surface area contributed by atoms with Gasteiger partial charge in [-0.3, -0.25) is 0 Å². The van der Waals surface area contributed by atoms with Gasteiger partial charge in [0.15, 0.2) is 0 Å². The molecule has 0 saturated heterocycles. The van der Waals surface area contributed by atoms with Crippen molar-refractivity contribution in [1.29, 1.82) is 0 Å². The Labute approximate surface area is 877 Å². The van der Waals surface area contributed by atoms with Gasteiger partial charge in [0, 0.05) is 51.4 Å². The van der Waals surface area contributed by atoms with Crippen LogP contribution in [0.2, 0.25) is 0 Å². The summed E-state index contributed by atoms with van der Waals surface area (Å²) in [7, 11) is 0. The Bertz CT molecular complexity index is 6150. The largest absolute Gasteiger partial charge is 0.492 e. The molecule has 32 bridgehead atoms. The Morgan fingerprint density at radius 2 is 0.385 bits per heavy atom. The first-order valence-electron chi connectivity index (χ1n) is 55.6. The molecule has 12 heteroatoms. The molecule has 12 nitrogen and oxygen atoms in total. The number of hydrogen-bond acceptors (Lipinski definition) is 12. The molecule has 0 saturated carbocycles. The van der Waals surface area contributed by atoms with E-state index in [4.69, 9.17) is 37.9 Å². The van der Waals surface area contributed by atoms with Gasteiger partial charge in [0.05, 0.1) is 70.9 Å². The average Bonchev–Trinajstić information content (AvgIpc) is 1.58. The number of hydrogen-bond donors (Lipinski definition) is 0. The Kier molecular flexibility index (Phi) is 33.8. The van der Waals surface area contributed by atoms with Crippen molar-refractivity contribution in [2.45, 2.75) is 307 Å². The number of carbonyl (C=O) groups is 4. The van der Waals surface area contributed by atoms with Crippen LogP contribution in [0.15, 0.2) is 243 Å². The Hall–Kier alpha value is -14.0. The van der Waals surface area contributed by atoms with Crippen molar-refractivity contribution in [1.82, 2.24) is 0 Å². The maximum Gasteiger partial charge on any atom is 0.339 e. The average molecular weight is 1970 g/mol. The Morgan fingerprint density at radius 3 is 0.581 bits per heavy atom. The van der Waals surface area contributed by atoms with E-state index in [-0.39, 0.29) is 22.3 Å². The number of ether oxygens (including phenoxy) is 8. The second-order valence-electron chi connectivity index (χ2n) is 42.3. The van der Waals surface area contributed by atoms with Gasteiger partial charge in [0.1, 0.15) is 45.4 Å². The van der Waals surface area contributed by atoms with Gasteiger partial charge in [0.2, 0.25) is 0 Å². The van der Waals surface area contributed by atoms with Crippen LogP contribution in [0.1, 0.15) is 364 Å². The van der Waals surface area contributed by atoms with Crippen LogP contribution in [0, 0.1) is 47.4 Å². The molecular formula is C136H140O12. The Balaban J connectivity index is 0.681. The molecule has 34 aliphatic rings. The molecule has 0 amide bonds. The van der Waals surface area contributed by atoms with Crippen molar-refractivity contribution in [3.63, 3.8) is 0 Å². The summed E-state index contributed by atoms with van der Waals surface area (Å²) in [4.78, 5) is 59.9. The van der Waals surface area contributed by atoms with E-state index in [1.165, 1.54) is 128 Å². The van der Waals surface area contributed by atoms with Crippen LogP contribution in [-0.2, 0) is 92.7 Å². The Morgan fingerprint density at radius 1 is 0.203 bits per heavy atom. The van der Waals surface area contributed by atoms with Gasteiger partial charge in [-0.2, -0.15) is 0 Å². The van der Waals surface area contributed by atoms with Crippen molar-refractivity contribution >= 4 is 23.9 Å². The summed E-state index contributed by atoms with van der Waals surface area (Å²) in [6, 6.07) is 81.2. The van der Waals surface area contributed by atoms with Crippen molar-refractivity contribution in [3.8, 4) is 115 Å². The molecule has 30 aliphatic carbocycles. The normalized spacial score (nSPS) is 17.6. The number of rotatable bonds is 40. The van der Waals surface area contributed by atoms with Gasteiger partial charge < -0.3 is 37.9 Å². The van der Waals surface area contributed by atoms with Crippen molar-refractivity contribution in [2.75, 3.05) is 26.4 Å². The van der Waals surface area contributed by atoms with Gasteiger partial charge in [-0.15, -0.1) is 0 Å². The fraction of sp³-hybridized carbons (Fsp3) is 0.382. The van der Waals surface area contributed by atoms with Gasteiger partial charge in [-0.05, 0) is 269 Å². The van der Waals surface area contributed by atoms with Crippen molar-refractivity contribution in [3.05, 3.63) is 354 Å². The van der Waals surface area contributed by atoms with E-state index in [2.05, 4.69) is 245 Å². The molecule has 4 heterocycles. The molecule has 46 rings (SSSR count). The van der Waals surface area contributed by atoms with Gasteiger partial charge in [-0.25, -0.2) is 19.2 Å². The summed E-state index contributed by atoms with van der Waals surface area (Å²) in [5.41, 5.74) is 19.5. The first-order valence-corrected chi connectivity index (χ1v) is 55.6. The molecule has 12 aromatic carbocycles. The molecule has 0 atom stereocenters. The third-order valence-electron chi connectivity index (χ3n) is 31.5. The fourth-order valence-electron chi connectivity index (χ4n) is 23.1. The van der Waals surface area contributed by atoms with E-state index in [0.717, 1.165) is 211 Å². The second kappa shape index (κ2) is 48.7. The molecule has 4 aliphatic heterocycles. The highest BCUT2D eigenvalue weighted by atomic mass is 16.6. The highest BCUT2D eigenvalue weighted by Crippen LogP contribution is 2.52. The third-order valence-corrected chi connectivity index (χ3v) is 31.5. The molecule has 0 N–H and O–H groups in total. The summed E-state index contributed by atoms with van der Waals surface area (Å²) in [6.45, 7) is 11.2. The number of carbonyl (C=O) groups excluding carboxylic acids is 4. The molecular weight excluding hydrogens is 1830 g/mol. The van der Waals surface area contributed by atoms with E-state index < -0.39 is 46.3 Å². The minimum absolute atomic E-state index is 0.262. The molecule has 0 unspecified atom stereocenters. The van der Waals surface area contributed by atoms with Crippen LogP contribution in [0.5, 0.6) is 23.0 Å². The fourth-order valence-corrected chi connectivity index (χ4v) is 23.1. The minimum Gasteiger partial charge on any atom is -0.492 e. The number of esters is 4. The van der Waals surface area contributed by atoms with Crippen LogP contribution in [-0.4, -0.2) is 50.3 Å². The summed E-state index contributed by atoms with van der Waals surface area (Å²) in [6.07, 6.45) is 41.1. The number of fused-ring (bicyclic) bond motifs is 4. The molecule has 0 spiro atoms. The van der Waals surface area contributed by atoms with Gasteiger partial charge in [-0.1, -0.05) is 365 Å². The van der Waals surface area contributed by atoms with Crippen LogP contribution < -0.4 is 18.9 Å². The lowest BCUT2D eigenvalue weighted by atomic mass is 9.87. The molecule has 0 fully saturated rings. The van der Waals surface area contributed by atoms with Gasteiger partial charge in [0.25, 0.3) is 0 Å². The lowest BCUT2D eigenvalue weighted by Crippen LogP contribution is -2.35. The van der Waals surface area contributed by atoms with E-state index in [0.29, 0.717) is 101 Å². The zero-order chi connectivity index (χ0) is 101. The lowest BCUT2D eigenvalue weighted by Gasteiger charge is -2.31. The number of benzene rings is 12. The van der Waals surface area contributed by atoms with Crippen LogP contribution in [0.3, 0.4) is 0 Å². The molecule has 12 aromatic rings. The van der Waals surface area contributed by atoms with Crippen molar-refractivity contribution in [2.24, 2.45) is 0 Å². The van der Waals surface area contributed by atoms with Gasteiger partial charge >= 0.3 is 23.9 Å². The molecule has 148 heavy (non-hydrogen) atoms. The maximum atomic E-state index is 15.0. The predicted molar refractivity (Wildman–Crippen MR) is 591 cm³/mol. The van der Waals surface area contributed by atoms with E-state index in [1.807, 2.05) is 24.3 Å². The quantitative estimate of drug-likeness (QED) is 0.0156. The topological polar surface area (TPSA) is 142 Å². The summed E-state index contributed by atoms with van der Waals surface area (Å²) >= 11 is 0. The van der Waals surface area contributed by atoms with Crippen LogP contribution >= 0.6 is 0 Å². The summed E-state index contributed by atoms with van der Waals surface area (Å²) in [5, 5.41) is 0. The molecule has 756 valence electrons. The minimum atomic E-state index is -1.07. The SMILES string of the molecule is CCCCCCCCCCOc1cc2ccc1C#CC#Cc1ccc(cc1OCCCCCCCCCC)-c1ccc(cc1)C13Cc4cc5c(cc4C1)CC(C5)(OC(=O)c1cccc(c1)C(=O)O3)c1ccc(cc1)-c1ccc(c(OCCCCCCCCCC)c1)C#CC#Cc1ccc(cc1OCCCCCCCCCC)-c1ccc(cc1)C13Cc4cc5c(cc4C1)CC(C5)(OC(=O)c1cccc(c1)C(=O)O3)c1ccc-2cc1. The molecule has 0 aromatic heterocycles. The van der Waals surface area contributed by atoms with Crippen molar-refractivity contribution < 1.29 is 57.1 Å². The smallest absolute Gasteiger partial charge is 0.339 e. The first kappa shape index (κ1) is 103. The van der Waals surface area contributed by atoms with E-state index in [9.17, 15) is 19.2 Å². The summed E-state index contributed by atoms with van der Waals surface area (Å²) < 4.78 is 54.8.